The van der Waals surface area contributed by atoms with Gasteiger partial charge in [-0.05, 0) is 43.9 Å². The van der Waals surface area contributed by atoms with Crippen molar-refractivity contribution < 1.29 is 4.79 Å². The maximum atomic E-state index is 11.1. The number of carbonyl (C=O) groups is 1. The molecule has 1 aliphatic rings. The van der Waals surface area contributed by atoms with Gasteiger partial charge in [-0.2, -0.15) is 0 Å². The van der Waals surface area contributed by atoms with E-state index < -0.39 is 0 Å². The van der Waals surface area contributed by atoms with Gasteiger partial charge in [0, 0.05) is 37.0 Å². The van der Waals surface area contributed by atoms with Crippen LogP contribution in [0.15, 0.2) is 36.7 Å². The maximum Gasteiger partial charge on any atom is 0.222 e. The summed E-state index contributed by atoms with van der Waals surface area (Å²) in [4.78, 5) is 19.8. The second kappa shape index (κ2) is 9.18. The van der Waals surface area contributed by atoms with Gasteiger partial charge >= 0.3 is 0 Å². The average molecular weight is 362 g/mol. The first-order valence-electron chi connectivity index (χ1n) is 9.55. The van der Waals surface area contributed by atoms with Gasteiger partial charge in [-0.1, -0.05) is 36.8 Å². The van der Waals surface area contributed by atoms with Gasteiger partial charge in [-0.15, -0.1) is 0 Å². The molecule has 0 radical (unpaired) electrons. The highest BCUT2D eigenvalue weighted by Crippen LogP contribution is 2.20. The third kappa shape index (κ3) is 6.10. The van der Waals surface area contributed by atoms with E-state index in [1.807, 2.05) is 31.2 Å². The van der Waals surface area contributed by atoms with Crippen LogP contribution in [0.5, 0.6) is 0 Å². The number of aromatic nitrogens is 2. The second-order valence-electron chi connectivity index (χ2n) is 7.17. The third-order valence-corrected chi connectivity index (χ3v) is 4.64. The molecular weight excluding hydrogens is 336 g/mol. The van der Waals surface area contributed by atoms with Crippen LogP contribution in [0.25, 0.3) is 0 Å². The van der Waals surface area contributed by atoms with E-state index in [1.54, 1.807) is 12.4 Å². The topological polar surface area (TPSA) is 66.9 Å². The number of hydrogen-bond donors (Lipinski definition) is 2. The standard InChI is InChI=1S/C22H26N4O/c1-16(25-17(2)27)13-19-10-7-18(8-11-19)9-12-20-14-23-22(24-15-20)26-21-5-3-4-6-21/h7-8,10-11,14-16,21H,3-6,13H2,1-2H3,(H,25,27)(H,23,24,26). The summed E-state index contributed by atoms with van der Waals surface area (Å²) >= 11 is 0. The number of rotatable bonds is 5. The van der Waals surface area contributed by atoms with E-state index in [9.17, 15) is 4.79 Å². The summed E-state index contributed by atoms with van der Waals surface area (Å²) < 4.78 is 0. The van der Waals surface area contributed by atoms with Crippen molar-refractivity contribution in [2.45, 2.75) is 58.0 Å². The van der Waals surface area contributed by atoms with Crippen LogP contribution in [0.3, 0.4) is 0 Å². The quantitative estimate of drug-likeness (QED) is 0.801. The Morgan fingerprint density at radius 1 is 1.11 bits per heavy atom. The molecule has 1 fully saturated rings. The molecule has 2 aromatic rings. The molecule has 0 aliphatic heterocycles. The van der Waals surface area contributed by atoms with Gasteiger partial charge in [0.1, 0.15) is 0 Å². The van der Waals surface area contributed by atoms with Gasteiger partial charge in [0.05, 0.1) is 5.56 Å². The molecule has 1 aromatic heterocycles. The monoisotopic (exact) mass is 362 g/mol. The molecule has 0 bridgehead atoms. The van der Waals surface area contributed by atoms with Crippen molar-refractivity contribution >= 4 is 11.9 Å². The molecular formula is C22H26N4O. The first-order chi connectivity index (χ1) is 13.1. The largest absolute Gasteiger partial charge is 0.354 e. The molecule has 27 heavy (non-hydrogen) atoms. The zero-order valence-corrected chi connectivity index (χ0v) is 16.0. The lowest BCUT2D eigenvalue weighted by Gasteiger charge is -2.12. The summed E-state index contributed by atoms with van der Waals surface area (Å²) in [6, 6.07) is 8.72. The molecule has 2 N–H and O–H groups in total. The first kappa shape index (κ1) is 18.9. The minimum absolute atomic E-state index is 0.00309. The Balaban J connectivity index is 1.56. The van der Waals surface area contributed by atoms with Crippen LogP contribution >= 0.6 is 0 Å². The fourth-order valence-corrected chi connectivity index (χ4v) is 3.34. The average Bonchev–Trinajstić information content (AvgIpc) is 3.15. The molecule has 140 valence electrons. The van der Waals surface area contributed by atoms with Crippen molar-refractivity contribution in [3.8, 4) is 11.8 Å². The van der Waals surface area contributed by atoms with Crippen LogP contribution in [-0.2, 0) is 11.2 Å². The van der Waals surface area contributed by atoms with Crippen LogP contribution in [0.2, 0.25) is 0 Å². The highest BCUT2D eigenvalue weighted by atomic mass is 16.1. The zero-order valence-electron chi connectivity index (χ0n) is 16.0. The highest BCUT2D eigenvalue weighted by Gasteiger charge is 2.15. The van der Waals surface area contributed by atoms with Gasteiger partial charge in [-0.3, -0.25) is 4.79 Å². The van der Waals surface area contributed by atoms with Crippen molar-refractivity contribution in [3.05, 3.63) is 53.3 Å². The molecule has 1 atom stereocenters. The van der Waals surface area contributed by atoms with E-state index in [0.29, 0.717) is 12.0 Å². The first-order valence-corrected chi connectivity index (χ1v) is 9.55. The lowest BCUT2D eigenvalue weighted by molar-refractivity contribution is -0.119. The maximum absolute atomic E-state index is 11.1. The smallest absolute Gasteiger partial charge is 0.222 e. The number of amides is 1. The lowest BCUT2D eigenvalue weighted by atomic mass is 10.1. The van der Waals surface area contributed by atoms with Crippen LogP contribution < -0.4 is 10.6 Å². The third-order valence-electron chi connectivity index (χ3n) is 4.64. The Morgan fingerprint density at radius 3 is 2.37 bits per heavy atom. The van der Waals surface area contributed by atoms with Gasteiger partial charge < -0.3 is 10.6 Å². The van der Waals surface area contributed by atoms with Gasteiger partial charge in [0.2, 0.25) is 11.9 Å². The number of nitrogens with zero attached hydrogens (tertiary/aromatic N) is 2. The van der Waals surface area contributed by atoms with Crippen LogP contribution in [0.4, 0.5) is 5.95 Å². The van der Waals surface area contributed by atoms with Crippen molar-refractivity contribution in [2.75, 3.05) is 5.32 Å². The van der Waals surface area contributed by atoms with E-state index in [-0.39, 0.29) is 11.9 Å². The summed E-state index contributed by atoms with van der Waals surface area (Å²) in [5.74, 6) is 6.94. The normalized spacial score (nSPS) is 14.9. The molecule has 1 saturated carbocycles. The SMILES string of the molecule is CC(=O)NC(C)Cc1ccc(C#Cc2cnc(NC3CCCC3)nc2)cc1. The molecule has 1 aliphatic carbocycles. The van der Waals surface area contributed by atoms with Crippen molar-refractivity contribution in [1.29, 1.82) is 0 Å². The predicted octanol–water partition coefficient (Wildman–Crippen LogP) is 3.30. The molecule has 3 rings (SSSR count). The number of hydrogen-bond acceptors (Lipinski definition) is 4. The minimum atomic E-state index is -0.00309. The Morgan fingerprint density at radius 2 is 1.74 bits per heavy atom. The molecule has 1 unspecified atom stereocenters. The van der Waals surface area contributed by atoms with Crippen LogP contribution in [0, 0.1) is 11.8 Å². The molecule has 1 heterocycles. The van der Waals surface area contributed by atoms with Crippen molar-refractivity contribution in [2.24, 2.45) is 0 Å². The van der Waals surface area contributed by atoms with Gasteiger partial charge in [0.25, 0.3) is 0 Å². The summed E-state index contributed by atoms with van der Waals surface area (Å²) in [6.45, 7) is 3.54. The molecule has 5 nitrogen and oxygen atoms in total. The molecule has 1 amide bonds. The summed E-state index contributed by atoms with van der Waals surface area (Å²) in [5, 5.41) is 6.27. The Hall–Kier alpha value is -2.87. The second-order valence-corrected chi connectivity index (χ2v) is 7.17. The van der Waals surface area contributed by atoms with Crippen molar-refractivity contribution in [3.63, 3.8) is 0 Å². The minimum Gasteiger partial charge on any atom is -0.354 e. The molecule has 0 saturated heterocycles. The molecule has 5 heteroatoms. The summed E-state index contributed by atoms with van der Waals surface area (Å²) in [5.41, 5.74) is 2.92. The van der Waals surface area contributed by atoms with Gasteiger partial charge in [0.15, 0.2) is 0 Å². The number of benzene rings is 1. The highest BCUT2D eigenvalue weighted by molar-refractivity contribution is 5.73. The van der Waals surface area contributed by atoms with Gasteiger partial charge in [-0.25, -0.2) is 9.97 Å². The fraction of sp³-hybridized carbons (Fsp3) is 0.409. The van der Waals surface area contributed by atoms with E-state index in [4.69, 9.17) is 0 Å². The van der Waals surface area contributed by atoms with E-state index in [1.165, 1.54) is 38.2 Å². The Bertz CT molecular complexity index is 812. The predicted molar refractivity (Wildman–Crippen MR) is 107 cm³/mol. The molecule has 1 aromatic carbocycles. The number of carbonyl (C=O) groups excluding carboxylic acids is 1. The Kier molecular flexibility index (Phi) is 6.43. The lowest BCUT2D eigenvalue weighted by Crippen LogP contribution is -2.31. The number of nitrogens with one attached hydrogen (secondary N) is 2. The fourth-order valence-electron chi connectivity index (χ4n) is 3.34. The van der Waals surface area contributed by atoms with E-state index in [0.717, 1.165) is 17.5 Å². The van der Waals surface area contributed by atoms with E-state index in [2.05, 4.69) is 32.4 Å². The summed E-state index contributed by atoms with van der Waals surface area (Å²) in [7, 11) is 0. The van der Waals surface area contributed by atoms with E-state index >= 15 is 0 Å². The van der Waals surface area contributed by atoms with Crippen molar-refractivity contribution in [1.82, 2.24) is 15.3 Å². The Labute approximate surface area is 161 Å². The number of anilines is 1. The van der Waals surface area contributed by atoms with Crippen LogP contribution in [-0.4, -0.2) is 28.0 Å². The summed E-state index contributed by atoms with van der Waals surface area (Å²) in [6.07, 6.45) is 9.30. The van der Waals surface area contributed by atoms with Crippen LogP contribution in [0.1, 0.15) is 56.2 Å². The zero-order chi connectivity index (χ0) is 19.1. The molecule has 0 spiro atoms.